The SMILES string of the molecule is C/C=C(\C)N=CN(C)C. The highest BCUT2D eigenvalue weighted by Crippen LogP contribution is 1.90. The first-order valence-electron chi connectivity index (χ1n) is 3.00. The Morgan fingerprint density at radius 1 is 1.44 bits per heavy atom. The Hall–Kier alpha value is -0.790. The molecule has 0 unspecified atom stereocenters. The van der Waals surface area contributed by atoms with Gasteiger partial charge in [0.2, 0.25) is 0 Å². The molecule has 0 aromatic heterocycles. The molecule has 0 aliphatic rings. The molecule has 0 fully saturated rings. The molecular weight excluding hydrogens is 112 g/mol. The fourth-order valence-electron chi connectivity index (χ4n) is 0.281. The molecule has 0 saturated heterocycles. The molecule has 0 bridgehead atoms. The van der Waals surface area contributed by atoms with Crippen LogP contribution in [0.5, 0.6) is 0 Å². The third kappa shape index (κ3) is 5.07. The minimum absolute atomic E-state index is 1.05. The number of rotatable bonds is 2. The summed E-state index contributed by atoms with van der Waals surface area (Å²) in [5.41, 5.74) is 1.05. The minimum atomic E-state index is 1.05. The second-order valence-corrected chi connectivity index (χ2v) is 2.14. The van der Waals surface area contributed by atoms with Crippen molar-refractivity contribution in [2.45, 2.75) is 13.8 Å². The molecule has 0 N–H and O–H groups in total. The molecule has 0 amide bonds. The van der Waals surface area contributed by atoms with E-state index < -0.39 is 0 Å². The van der Waals surface area contributed by atoms with E-state index >= 15 is 0 Å². The first kappa shape index (κ1) is 8.21. The minimum Gasteiger partial charge on any atom is -0.369 e. The van der Waals surface area contributed by atoms with Crippen molar-refractivity contribution >= 4 is 6.34 Å². The fourth-order valence-corrected chi connectivity index (χ4v) is 0.281. The van der Waals surface area contributed by atoms with Crippen molar-refractivity contribution in [3.63, 3.8) is 0 Å². The van der Waals surface area contributed by atoms with Crippen LogP contribution < -0.4 is 0 Å². The van der Waals surface area contributed by atoms with Gasteiger partial charge in [0.25, 0.3) is 0 Å². The Morgan fingerprint density at radius 2 is 2.00 bits per heavy atom. The van der Waals surface area contributed by atoms with E-state index in [0.717, 1.165) is 5.70 Å². The molecule has 0 aromatic carbocycles. The lowest BCUT2D eigenvalue weighted by molar-refractivity contribution is 0.642. The Bertz CT molecular complexity index is 123. The smallest absolute Gasteiger partial charge is 0.0902 e. The molecule has 2 nitrogen and oxygen atoms in total. The summed E-state index contributed by atoms with van der Waals surface area (Å²) in [6.45, 7) is 3.95. The lowest BCUT2D eigenvalue weighted by atomic mass is 10.5. The molecule has 0 rings (SSSR count). The molecule has 0 aliphatic heterocycles. The van der Waals surface area contributed by atoms with E-state index in [4.69, 9.17) is 0 Å². The normalized spacial score (nSPS) is 12.7. The topological polar surface area (TPSA) is 15.6 Å². The molecule has 0 aliphatic carbocycles. The Balaban J connectivity index is 3.71. The Labute approximate surface area is 56.9 Å². The maximum absolute atomic E-state index is 4.10. The molecular formula is C7H14N2. The number of hydrogen-bond donors (Lipinski definition) is 0. The number of nitrogens with zero attached hydrogens (tertiary/aromatic N) is 2. The van der Waals surface area contributed by atoms with E-state index in [9.17, 15) is 0 Å². The average Bonchev–Trinajstić information content (AvgIpc) is 1.83. The highest BCUT2D eigenvalue weighted by atomic mass is 15.1. The van der Waals surface area contributed by atoms with E-state index in [2.05, 4.69) is 4.99 Å². The molecule has 9 heavy (non-hydrogen) atoms. The van der Waals surface area contributed by atoms with Crippen molar-refractivity contribution < 1.29 is 0 Å². The zero-order valence-corrected chi connectivity index (χ0v) is 6.55. The van der Waals surface area contributed by atoms with Gasteiger partial charge in [-0.15, -0.1) is 0 Å². The van der Waals surface area contributed by atoms with Crippen LogP contribution in [-0.4, -0.2) is 25.3 Å². The average molecular weight is 126 g/mol. The highest BCUT2D eigenvalue weighted by molar-refractivity contribution is 5.55. The van der Waals surface area contributed by atoms with Gasteiger partial charge < -0.3 is 4.90 Å². The number of hydrogen-bond acceptors (Lipinski definition) is 1. The Morgan fingerprint density at radius 3 is 2.33 bits per heavy atom. The summed E-state index contributed by atoms with van der Waals surface area (Å²) in [5.74, 6) is 0. The van der Waals surface area contributed by atoms with Crippen molar-refractivity contribution in [1.29, 1.82) is 0 Å². The van der Waals surface area contributed by atoms with Crippen molar-refractivity contribution in [1.82, 2.24) is 4.90 Å². The predicted octanol–water partition coefficient (Wildman–Crippen LogP) is 1.50. The van der Waals surface area contributed by atoms with Crippen LogP contribution in [0.25, 0.3) is 0 Å². The van der Waals surface area contributed by atoms with Crippen LogP contribution in [0.15, 0.2) is 16.8 Å². The maximum atomic E-state index is 4.10. The molecule has 0 aromatic rings. The first-order chi connectivity index (χ1) is 4.16. The van der Waals surface area contributed by atoms with Gasteiger partial charge in [-0.1, -0.05) is 6.08 Å². The van der Waals surface area contributed by atoms with Crippen LogP contribution in [0.4, 0.5) is 0 Å². The van der Waals surface area contributed by atoms with Crippen molar-refractivity contribution in [3.05, 3.63) is 11.8 Å². The van der Waals surface area contributed by atoms with Gasteiger partial charge in [-0.3, -0.25) is 0 Å². The van der Waals surface area contributed by atoms with Gasteiger partial charge in [-0.25, -0.2) is 4.99 Å². The summed E-state index contributed by atoms with van der Waals surface area (Å²) in [6, 6.07) is 0. The van der Waals surface area contributed by atoms with Crippen molar-refractivity contribution in [2.75, 3.05) is 14.1 Å². The van der Waals surface area contributed by atoms with Crippen LogP contribution in [0, 0.1) is 0 Å². The predicted molar refractivity (Wildman–Crippen MR) is 41.6 cm³/mol. The zero-order chi connectivity index (χ0) is 7.28. The number of aliphatic imine (C=N–C) groups is 1. The monoisotopic (exact) mass is 126 g/mol. The van der Waals surface area contributed by atoms with Gasteiger partial charge >= 0.3 is 0 Å². The molecule has 52 valence electrons. The standard InChI is InChI=1S/C7H14N2/c1-5-7(2)8-6-9(3)4/h5-6H,1-4H3/b7-5+,8-6?. The lowest BCUT2D eigenvalue weighted by Gasteiger charge is -2.01. The van der Waals surface area contributed by atoms with Gasteiger partial charge in [0.1, 0.15) is 0 Å². The Kier molecular flexibility index (Phi) is 3.76. The van der Waals surface area contributed by atoms with Crippen LogP contribution in [-0.2, 0) is 0 Å². The zero-order valence-electron chi connectivity index (χ0n) is 6.55. The summed E-state index contributed by atoms with van der Waals surface area (Å²) in [7, 11) is 3.90. The van der Waals surface area contributed by atoms with E-state index in [-0.39, 0.29) is 0 Å². The first-order valence-corrected chi connectivity index (χ1v) is 3.00. The van der Waals surface area contributed by atoms with Crippen LogP contribution in [0.1, 0.15) is 13.8 Å². The van der Waals surface area contributed by atoms with Gasteiger partial charge in [0.15, 0.2) is 0 Å². The molecule has 2 heteroatoms. The summed E-state index contributed by atoms with van der Waals surface area (Å²) in [6.07, 6.45) is 3.76. The van der Waals surface area contributed by atoms with E-state index in [1.807, 2.05) is 38.9 Å². The molecule has 0 spiro atoms. The van der Waals surface area contributed by atoms with Gasteiger partial charge in [-0.05, 0) is 13.8 Å². The van der Waals surface area contributed by atoms with E-state index in [0.29, 0.717) is 0 Å². The molecule has 0 atom stereocenters. The third-order valence-electron chi connectivity index (χ3n) is 0.910. The van der Waals surface area contributed by atoms with Crippen molar-refractivity contribution in [3.8, 4) is 0 Å². The molecule has 0 radical (unpaired) electrons. The molecule has 0 heterocycles. The number of allylic oxidation sites excluding steroid dienone is 2. The summed E-state index contributed by atoms with van der Waals surface area (Å²) in [4.78, 5) is 6.01. The lowest BCUT2D eigenvalue weighted by Crippen LogP contribution is -2.07. The quantitative estimate of drug-likeness (QED) is 0.404. The third-order valence-corrected chi connectivity index (χ3v) is 0.910. The van der Waals surface area contributed by atoms with Gasteiger partial charge in [0.05, 0.1) is 6.34 Å². The molecule has 0 saturated carbocycles. The largest absolute Gasteiger partial charge is 0.369 e. The summed E-state index contributed by atoms with van der Waals surface area (Å²) >= 11 is 0. The van der Waals surface area contributed by atoms with Crippen LogP contribution >= 0.6 is 0 Å². The summed E-state index contributed by atoms with van der Waals surface area (Å²) < 4.78 is 0. The van der Waals surface area contributed by atoms with Crippen LogP contribution in [0.3, 0.4) is 0 Å². The summed E-state index contributed by atoms with van der Waals surface area (Å²) in [5, 5.41) is 0. The second-order valence-electron chi connectivity index (χ2n) is 2.14. The van der Waals surface area contributed by atoms with Crippen molar-refractivity contribution in [2.24, 2.45) is 4.99 Å². The van der Waals surface area contributed by atoms with Crippen LogP contribution in [0.2, 0.25) is 0 Å². The maximum Gasteiger partial charge on any atom is 0.0902 e. The van der Waals surface area contributed by atoms with E-state index in [1.54, 1.807) is 6.34 Å². The van der Waals surface area contributed by atoms with Gasteiger partial charge in [0, 0.05) is 19.8 Å². The van der Waals surface area contributed by atoms with E-state index in [1.165, 1.54) is 0 Å². The highest BCUT2D eigenvalue weighted by Gasteiger charge is 1.77. The second kappa shape index (κ2) is 4.13. The van der Waals surface area contributed by atoms with Gasteiger partial charge in [-0.2, -0.15) is 0 Å². The fraction of sp³-hybridized carbons (Fsp3) is 0.571.